The highest BCUT2D eigenvalue weighted by molar-refractivity contribution is 5.94. The number of carboxylic acid groups (broad SMARTS) is 2. The van der Waals surface area contributed by atoms with Crippen molar-refractivity contribution in [1.29, 1.82) is 0 Å². The van der Waals surface area contributed by atoms with Gasteiger partial charge in [0.25, 0.3) is 0 Å². The number of hydrogen-bond acceptors (Lipinski definition) is 27. The number of ether oxygens (including phenoxy) is 10. The van der Waals surface area contributed by atoms with Crippen LogP contribution >= 0.6 is 0 Å². The fraction of sp³-hybridized carbons (Fsp3) is 0.854. The Kier molecular flexibility index (Phi) is 21.7. The van der Waals surface area contributed by atoms with Gasteiger partial charge >= 0.3 is 29.8 Å². The number of carboxylic acids is 2. The minimum absolute atomic E-state index is 0.0613. The van der Waals surface area contributed by atoms with E-state index >= 15 is 0 Å². The Morgan fingerprint density at radius 3 is 1.88 bits per heavy atom. The van der Waals surface area contributed by atoms with Crippen LogP contribution < -0.4 is 0 Å². The van der Waals surface area contributed by atoms with Gasteiger partial charge in [0.1, 0.15) is 86.3 Å². The molecule has 7 fully saturated rings. The molecule has 0 aromatic rings. The molecule has 444 valence electrons. The standard InChI is InChI=1S/C48H72O30/c49-14-28-34(59)36(61)39(64)47(74-28)72-25-7-1-17(9-23(25)53)2-8-30(55)76-42(44(65)66)43(45(67)68)77-32(57)13-31(56)69-16-29-35(60)37(62)41(78-46-38(63)33(58)24(54)15-70-46)48(75-29)73-27-12-21-22(52)10-20(51)11-26(21)71-40(27)18-3-5-19(50)6-4-18/h2,8,17-29,33-43,46-54,58-64H,1,3-7,9-16H2,(H,65,66)(H,67,68)/p+1. The van der Waals surface area contributed by atoms with E-state index in [1.54, 1.807) is 0 Å². The first-order valence-electron chi connectivity index (χ1n) is 26.0. The molecule has 30 nitrogen and oxygen atoms in total. The fourth-order valence-electron chi connectivity index (χ4n) is 11.2. The Hall–Kier alpha value is -3.71. The van der Waals surface area contributed by atoms with Gasteiger partial charge in [0.15, 0.2) is 31.1 Å². The molecule has 78 heavy (non-hydrogen) atoms. The van der Waals surface area contributed by atoms with Crippen LogP contribution in [0.5, 0.6) is 0 Å². The second-order valence-electron chi connectivity index (χ2n) is 21.1. The first-order chi connectivity index (χ1) is 36.9. The largest absolute Gasteiger partial charge is 0.478 e. The number of allylic oxidation sites excluding steroid dienone is 1. The molecule has 0 aromatic heterocycles. The summed E-state index contributed by atoms with van der Waals surface area (Å²) in [5.74, 6) is -10.0. The van der Waals surface area contributed by atoms with Crippen molar-refractivity contribution in [3.8, 4) is 0 Å². The van der Waals surface area contributed by atoms with Gasteiger partial charge in [-0.1, -0.05) is 6.08 Å². The van der Waals surface area contributed by atoms with Crippen molar-refractivity contribution in [3.05, 3.63) is 12.2 Å². The van der Waals surface area contributed by atoms with Crippen LogP contribution in [0, 0.1) is 17.8 Å². The first kappa shape index (κ1) is 61.9. The summed E-state index contributed by atoms with van der Waals surface area (Å²) in [4.78, 5) is 63.2. The number of carbonyl (C=O) groups excluding carboxylic acids is 3. The normalized spacial score (nSPS) is 44.1. The Labute approximate surface area is 444 Å². The van der Waals surface area contributed by atoms with E-state index in [-0.39, 0.29) is 44.4 Å². The molecule has 25 atom stereocenters. The lowest BCUT2D eigenvalue weighted by Crippen LogP contribution is -2.65. The summed E-state index contributed by atoms with van der Waals surface area (Å²) in [5.41, 5.74) is 0. The van der Waals surface area contributed by atoms with Gasteiger partial charge in [0.2, 0.25) is 12.2 Å². The third-order valence-electron chi connectivity index (χ3n) is 15.6. The summed E-state index contributed by atoms with van der Waals surface area (Å²) in [6.07, 6.45) is -32.8. The fourth-order valence-corrected chi connectivity index (χ4v) is 11.2. The number of carbonyl (C=O) groups is 5. The minimum atomic E-state index is -2.73. The van der Waals surface area contributed by atoms with E-state index in [1.807, 2.05) is 0 Å². The molecule has 4 saturated heterocycles. The van der Waals surface area contributed by atoms with Crippen LogP contribution in [0.15, 0.2) is 12.2 Å². The van der Waals surface area contributed by atoms with Gasteiger partial charge in [-0.05, 0) is 57.3 Å². The molecular formula is C48H73O30+. The van der Waals surface area contributed by atoms with Gasteiger partial charge in [-0.2, -0.15) is 0 Å². The molecule has 16 N–H and O–H groups in total. The second kappa shape index (κ2) is 27.4. The Bertz CT molecular complexity index is 2040. The van der Waals surface area contributed by atoms with Gasteiger partial charge in [-0.3, -0.25) is 9.59 Å². The third-order valence-corrected chi connectivity index (χ3v) is 15.6. The van der Waals surface area contributed by atoms with Gasteiger partial charge in [0, 0.05) is 24.8 Å². The second-order valence-corrected chi connectivity index (χ2v) is 21.1. The number of aliphatic hydroxyl groups is 15. The van der Waals surface area contributed by atoms with Gasteiger partial charge in [0.05, 0.1) is 49.7 Å². The summed E-state index contributed by atoms with van der Waals surface area (Å²) in [6.45, 7) is -2.18. The van der Waals surface area contributed by atoms with Gasteiger partial charge in [-0.15, -0.1) is 0 Å². The van der Waals surface area contributed by atoms with E-state index in [9.17, 15) is 101 Å². The van der Waals surface area contributed by atoms with Crippen LogP contribution in [0.4, 0.5) is 0 Å². The summed E-state index contributed by atoms with van der Waals surface area (Å²) in [5, 5.41) is 156. The lowest BCUT2D eigenvalue weighted by atomic mass is 9.73. The third kappa shape index (κ3) is 15.0. The van der Waals surface area contributed by atoms with Crippen LogP contribution in [0.2, 0.25) is 0 Å². The highest BCUT2D eigenvalue weighted by Gasteiger charge is 2.56. The monoisotopic (exact) mass is 1130 g/mol. The average molecular weight is 1130 g/mol. The molecule has 4 heterocycles. The topological polar surface area (TPSA) is 485 Å². The number of fused-ring (bicyclic) bond motifs is 1. The molecule has 25 unspecified atom stereocenters. The SMILES string of the molecule is O=C(C=CC1CCC(OC2OC(CO)C(O)C(O)C2O)C(O)C1)OC(C(=O)O)C(OC(=O)CC(=O)OCC1OC(OC2CC3C(O)CC(O)CC3[OH+]C2C2CCC(O)CC2)C(OC2OCC(O)C(O)C2O)C(O)C1O)C(=O)O. The quantitative estimate of drug-likeness (QED) is 0.0188. The zero-order valence-electron chi connectivity index (χ0n) is 42.0. The molecule has 0 radical (unpaired) electrons. The van der Waals surface area contributed by atoms with Crippen molar-refractivity contribution in [3.63, 3.8) is 0 Å². The van der Waals surface area contributed by atoms with E-state index < -0.39 is 215 Å². The molecule has 4 aliphatic heterocycles. The molecule has 7 rings (SSSR count). The van der Waals surface area contributed by atoms with Crippen molar-refractivity contribution < 1.29 is 148 Å². The minimum Gasteiger partial charge on any atom is -0.478 e. The number of hydrogen-bond donors (Lipinski definition) is 15. The Morgan fingerprint density at radius 1 is 0.577 bits per heavy atom. The summed E-state index contributed by atoms with van der Waals surface area (Å²) in [6, 6.07) is 0. The Balaban J connectivity index is 0.956. The van der Waals surface area contributed by atoms with E-state index in [1.165, 1.54) is 6.08 Å². The molecule has 30 heteroatoms. The number of esters is 3. The van der Waals surface area contributed by atoms with Crippen molar-refractivity contribution in [2.75, 3.05) is 19.8 Å². The number of aliphatic hydroxyl groups excluding tert-OH is 13. The maximum atomic E-state index is 13.0. The smallest absolute Gasteiger partial charge is 0.349 e. The maximum Gasteiger partial charge on any atom is 0.349 e. The predicted molar refractivity (Wildman–Crippen MR) is 247 cm³/mol. The van der Waals surface area contributed by atoms with E-state index in [2.05, 4.69) is 0 Å². The molecule has 3 aliphatic carbocycles. The van der Waals surface area contributed by atoms with Crippen LogP contribution in [-0.2, 0) is 66.6 Å². The average Bonchev–Trinajstić information content (AvgIpc) is 3.49. The summed E-state index contributed by atoms with van der Waals surface area (Å²) < 4.78 is 54.6. The first-order valence-corrected chi connectivity index (χ1v) is 26.0. The van der Waals surface area contributed by atoms with E-state index in [0.717, 1.165) is 6.08 Å². The number of aliphatic carboxylic acids is 2. The lowest BCUT2D eigenvalue weighted by molar-refractivity contribution is -0.381. The van der Waals surface area contributed by atoms with Crippen molar-refractivity contribution in [1.82, 2.24) is 0 Å². The van der Waals surface area contributed by atoms with E-state index in [0.29, 0.717) is 25.7 Å². The van der Waals surface area contributed by atoms with E-state index in [4.69, 9.17) is 47.4 Å². The molecule has 0 bridgehead atoms. The van der Waals surface area contributed by atoms with Crippen LogP contribution in [0.1, 0.15) is 70.6 Å². The van der Waals surface area contributed by atoms with Crippen molar-refractivity contribution >= 4 is 29.8 Å². The van der Waals surface area contributed by atoms with Gasteiger partial charge < -0.3 is 124 Å². The maximum absolute atomic E-state index is 13.0. The van der Waals surface area contributed by atoms with Crippen molar-refractivity contribution in [2.24, 2.45) is 17.8 Å². The highest BCUT2D eigenvalue weighted by atomic mass is 16.8. The van der Waals surface area contributed by atoms with Crippen LogP contribution in [-0.4, -0.2) is 278 Å². The summed E-state index contributed by atoms with van der Waals surface area (Å²) >= 11 is 0. The molecule has 0 amide bonds. The molecule has 0 spiro atoms. The van der Waals surface area contributed by atoms with Crippen molar-refractivity contribution in [2.45, 2.75) is 218 Å². The summed E-state index contributed by atoms with van der Waals surface area (Å²) in [7, 11) is 0. The zero-order chi connectivity index (χ0) is 56.9. The predicted octanol–water partition coefficient (Wildman–Crippen LogP) is -7.18. The molecule has 7 aliphatic rings. The molecular weight excluding hydrogens is 1060 g/mol. The lowest BCUT2D eigenvalue weighted by Gasteiger charge is -2.49. The zero-order valence-corrected chi connectivity index (χ0v) is 42.0. The molecule has 0 aromatic carbocycles. The highest BCUT2D eigenvalue weighted by Crippen LogP contribution is 2.43. The van der Waals surface area contributed by atoms with Crippen LogP contribution in [0.3, 0.4) is 0 Å². The van der Waals surface area contributed by atoms with Gasteiger partial charge in [-0.25, -0.2) is 14.4 Å². The molecule has 3 saturated carbocycles. The Morgan fingerprint density at radius 2 is 1.22 bits per heavy atom. The van der Waals surface area contributed by atoms with Crippen LogP contribution in [0.25, 0.3) is 0 Å². The number of rotatable bonds is 19.